The maximum Gasteiger partial charge on any atom is 0.194 e. The fraction of sp³-hybridized carbons (Fsp3) is 0.667. The quantitative estimate of drug-likeness (QED) is 0.587. The van der Waals surface area contributed by atoms with Crippen molar-refractivity contribution in [3.63, 3.8) is 0 Å². The third kappa shape index (κ3) is 4.67. The molecule has 1 heterocycles. The number of nitrogens with one attached hydrogen (secondary N) is 1. The SMILES string of the molecule is CCNC(=NCC(C)N(C)C1CC1)N1CCc2cc(OC)c(OC)cc2C1. The lowest BCUT2D eigenvalue weighted by atomic mass is 9.99. The van der Waals surface area contributed by atoms with Crippen LogP contribution in [0.15, 0.2) is 17.1 Å². The Morgan fingerprint density at radius 3 is 2.52 bits per heavy atom. The van der Waals surface area contributed by atoms with Gasteiger partial charge >= 0.3 is 0 Å². The maximum absolute atomic E-state index is 5.48. The molecule has 1 unspecified atom stereocenters. The standard InChI is InChI=1S/C21H34N4O2/c1-6-22-21(23-13-15(2)24(3)18-7-8-18)25-10-9-16-11-19(26-4)20(27-5)12-17(16)14-25/h11-12,15,18H,6-10,13-14H2,1-5H3,(H,22,23). The van der Waals surface area contributed by atoms with Gasteiger partial charge in [0.2, 0.25) is 0 Å². The second-order valence-electron chi connectivity index (χ2n) is 7.59. The van der Waals surface area contributed by atoms with Gasteiger partial charge in [-0.05, 0) is 63.4 Å². The van der Waals surface area contributed by atoms with Gasteiger partial charge in [0.25, 0.3) is 0 Å². The van der Waals surface area contributed by atoms with E-state index in [2.05, 4.69) is 48.1 Å². The molecule has 1 saturated carbocycles. The van der Waals surface area contributed by atoms with Crippen LogP contribution < -0.4 is 14.8 Å². The van der Waals surface area contributed by atoms with Gasteiger partial charge in [-0.25, -0.2) is 0 Å². The lowest BCUT2D eigenvalue weighted by molar-refractivity contribution is 0.252. The van der Waals surface area contributed by atoms with E-state index in [0.29, 0.717) is 6.04 Å². The Hall–Kier alpha value is -1.95. The molecule has 1 N–H and O–H groups in total. The summed E-state index contributed by atoms with van der Waals surface area (Å²) in [6, 6.07) is 5.45. The molecule has 1 aromatic carbocycles. The fourth-order valence-corrected chi connectivity index (χ4v) is 3.68. The molecule has 1 fully saturated rings. The molecule has 1 aliphatic heterocycles. The summed E-state index contributed by atoms with van der Waals surface area (Å²) in [4.78, 5) is 9.77. The summed E-state index contributed by atoms with van der Waals surface area (Å²) in [7, 11) is 5.60. The molecule has 6 heteroatoms. The normalized spacial score (nSPS) is 18.3. The summed E-state index contributed by atoms with van der Waals surface area (Å²) in [6.45, 7) is 7.90. The summed E-state index contributed by atoms with van der Waals surface area (Å²) < 4.78 is 10.9. The zero-order chi connectivity index (χ0) is 19.4. The number of ether oxygens (including phenoxy) is 2. The number of hydrogen-bond donors (Lipinski definition) is 1. The molecular weight excluding hydrogens is 340 g/mol. The van der Waals surface area contributed by atoms with Crippen molar-refractivity contribution in [2.24, 2.45) is 4.99 Å². The zero-order valence-electron chi connectivity index (χ0n) is 17.4. The van der Waals surface area contributed by atoms with E-state index in [0.717, 1.165) is 56.1 Å². The number of fused-ring (bicyclic) bond motifs is 1. The summed E-state index contributed by atoms with van der Waals surface area (Å²) in [6.07, 6.45) is 3.65. The fourth-order valence-electron chi connectivity index (χ4n) is 3.68. The highest BCUT2D eigenvalue weighted by Gasteiger charge is 2.29. The minimum Gasteiger partial charge on any atom is -0.493 e. The Bertz CT molecular complexity index is 672. The van der Waals surface area contributed by atoms with Gasteiger partial charge in [-0.3, -0.25) is 9.89 Å². The number of benzene rings is 1. The zero-order valence-corrected chi connectivity index (χ0v) is 17.4. The number of likely N-dealkylation sites (N-methyl/N-ethyl adjacent to an activating group) is 1. The molecule has 0 bridgehead atoms. The maximum atomic E-state index is 5.48. The van der Waals surface area contributed by atoms with Gasteiger partial charge in [-0.2, -0.15) is 0 Å². The summed E-state index contributed by atoms with van der Waals surface area (Å²) in [5.74, 6) is 2.61. The lowest BCUT2D eigenvalue weighted by Crippen LogP contribution is -2.45. The smallest absolute Gasteiger partial charge is 0.194 e. The molecule has 0 saturated heterocycles. The van der Waals surface area contributed by atoms with Crippen LogP contribution in [0, 0.1) is 0 Å². The van der Waals surface area contributed by atoms with E-state index in [4.69, 9.17) is 14.5 Å². The second kappa shape index (κ2) is 8.83. The molecule has 3 rings (SSSR count). The van der Waals surface area contributed by atoms with Crippen LogP contribution in [0.25, 0.3) is 0 Å². The molecule has 6 nitrogen and oxygen atoms in total. The van der Waals surface area contributed by atoms with Crippen LogP contribution in [0.1, 0.15) is 37.8 Å². The van der Waals surface area contributed by atoms with E-state index in [-0.39, 0.29) is 0 Å². The topological polar surface area (TPSA) is 49.3 Å². The average molecular weight is 375 g/mol. The monoisotopic (exact) mass is 374 g/mol. The second-order valence-corrected chi connectivity index (χ2v) is 7.59. The molecule has 27 heavy (non-hydrogen) atoms. The van der Waals surface area contributed by atoms with Gasteiger partial charge < -0.3 is 19.7 Å². The summed E-state index contributed by atoms with van der Waals surface area (Å²) in [5, 5.41) is 3.47. The number of aliphatic imine (C=N–C) groups is 1. The first-order valence-corrected chi connectivity index (χ1v) is 10.1. The first kappa shape index (κ1) is 19.8. The largest absolute Gasteiger partial charge is 0.493 e. The van der Waals surface area contributed by atoms with Crippen molar-refractivity contribution in [3.05, 3.63) is 23.3 Å². The van der Waals surface area contributed by atoms with E-state index in [1.807, 2.05) is 0 Å². The van der Waals surface area contributed by atoms with Crippen LogP contribution in [-0.4, -0.2) is 68.7 Å². The van der Waals surface area contributed by atoms with Gasteiger partial charge in [-0.15, -0.1) is 0 Å². The van der Waals surface area contributed by atoms with Crippen LogP contribution >= 0.6 is 0 Å². The van der Waals surface area contributed by atoms with Gasteiger partial charge in [-0.1, -0.05) is 0 Å². The Kier molecular flexibility index (Phi) is 6.47. The molecular formula is C21H34N4O2. The van der Waals surface area contributed by atoms with Crippen LogP contribution in [0.4, 0.5) is 0 Å². The molecule has 0 aromatic heterocycles. The first-order valence-electron chi connectivity index (χ1n) is 10.1. The average Bonchev–Trinajstić information content (AvgIpc) is 3.54. The third-order valence-corrected chi connectivity index (χ3v) is 5.68. The van der Waals surface area contributed by atoms with E-state index in [9.17, 15) is 0 Å². The highest BCUT2D eigenvalue weighted by atomic mass is 16.5. The molecule has 2 aliphatic rings. The molecule has 1 aliphatic carbocycles. The Balaban J connectivity index is 1.72. The summed E-state index contributed by atoms with van der Waals surface area (Å²) >= 11 is 0. The van der Waals surface area contributed by atoms with Gasteiger partial charge in [0.1, 0.15) is 0 Å². The highest BCUT2D eigenvalue weighted by Crippen LogP contribution is 2.33. The van der Waals surface area contributed by atoms with Crippen molar-refractivity contribution in [1.82, 2.24) is 15.1 Å². The Morgan fingerprint density at radius 1 is 1.26 bits per heavy atom. The van der Waals surface area contributed by atoms with E-state index in [1.54, 1.807) is 14.2 Å². The first-order chi connectivity index (χ1) is 13.1. The Labute approximate surface area is 163 Å². The third-order valence-electron chi connectivity index (χ3n) is 5.68. The van der Waals surface area contributed by atoms with Gasteiger partial charge in [0, 0.05) is 31.7 Å². The Morgan fingerprint density at radius 2 is 1.93 bits per heavy atom. The number of methoxy groups -OCH3 is 2. The molecule has 0 radical (unpaired) electrons. The van der Waals surface area contributed by atoms with Gasteiger partial charge in [0.15, 0.2) is 17.5 Å². The summed E-state index contributed by atoms with van der Waals surface area (Å²) in [5.41, 5.74) is 2.62. The number of hydrogen-bond acceptors (Lipinski definition) is 4. The minimum atomic E-state index is 0.465. The van der Waals surface area contributed by atoms with E-state index < -0.39 is 0 Å². The molecule has 1 aromatic rings. The predicted octanol–water partition coefficient (Wildman–Crippen LogP) is 2.51. The van der Waals surface area contributed by atoms with Crippen molar-refractivity contribution >= 4 is 5.96 Å². The van der Waals surface area contributed by atoms with Crippen molar-refractivity contribution in [2.75, 3.05) is 40.9 Å². The van der Waals surface area contributed by atoms with Crippen molar-refractivity contribution in [1.29, 1.82) is 0 Å². The molecule has 150 valence electrons. The lowest BCUT2D eigenvalue weighted by Gasteiger charge is -2.33. The van der Waals surface area contributed by atoms with Crippen LogP contribution in [0.3, 0.4) is 0 Å². The highest BCUT2D eigenvalue weighted by molar-refractivity contribution is 5.80. The van der Waals surface area contributed by atoms with Crippen LogP contribution in [-0.2, 0) is 13.0 Å². The van der Waals surface area contributed by atoms with E-state index in [1.165, 1.54) is 24.0 Å². The predicted molar refractivity (Wildman–Crippen MR) is 110 cm³/mol. The van der Waals surface area contributed by atoms with E-state index >= 15 is 0 Å². The molecule has 0 spiro atoms. The van der Waals surface area contributed by atoms with Crippen molar-refractivity contribution in [3.8, 4) is 11.5 Å². The number of nitrogens with zero attached hydrogens (tertiary/aromatic N) is 3. The number of rotatable bonds is 7. The molecule has 1 atom stereocenters. The van der Waals surface area contributed by atoms with Crippen LogP contribution in [0.5, 0.6) is 11.5 Å². The van der Waals surface area contributed by atoms with Crippen molar-refractivity contribution < 1.29 is 9.47 Å². The minimum absolute atomic E-state index is 0.465. The van der Waals surface area contributed by atoms with Crippen LogP contribution in [0.2, 0.25) is 0 Å². The number of guanidine groups is 1. The van der Waals surface area contributed by atoms with Crippen molar-refractivity contribution in [2.45, 2.75) is 51.7 Å². The molecule has 0 amide bonds. The van der Waals surface area contributed by atoms with Gasteiger partial charge in [0.05, 0.1) is 20.8 Å².